The fourth-order valence-corrected chi connectivity index (χ4v) is 2.85. The van der Waals surface area contributed by atoms with Crippen LogP contribution in [0.3, 0.4) is 0 Å². The van der Waals surface area contributed by atoms with Crippen LogP contribution < -0.4 is 9.47 Å². The van der Waals surface area contributed by atoms with Gasteiger partial charge < -0.3 is 9.47 Å². The highest BCUT2D eigenvalue weighted by molar-refractivity contribution is 7.12. The molecule has 0 N–H and O–H groups in total. The van der Waals surface area contributed by atoms with Crippen molar-refractivity contribution in [2.75, 3.05) is 14.2 Å². The highest BCUT2D eigenvalue weighted by Gasteiger charge is 2.16. The smallest absolute Gasteiger partial charge is 0.213 e. The number of allylic oxidation sites excluding steroid dienone is 1. The van der Waals surface area contributed by atoms with Crippen LogP contribution in [0.1, 0.15) is 20.8 Å². The quantitative estimate of drug-likeness (QED) is 0.478. The van der Waals surface area contributed by atoms with Gasteiger partial charge in [0.05, 0.1) is 19.1 Å². The van der Waals surface area contributed by atoms with Crippen molar-refractivity contribution in [1.82, 2.24) is 0 Å². The molecule has 2 aromatic rings. The second kappa shape index (κ2) is 6.92. The number of hydrogen-bond donors (Lipinski definition) is 0. The van der Waals surface area contributed by atoms with Crippen molar-refractivity contribution < 1.29 is 14.3 Å². The summed E-state index contributed by atoms with van der Waals surface area (Å²) in [5, 5.41) is 11.2. The summed E-state index contributed by atoms with van der Waals surface area (Å²) in [5.41, 5.74) is 1.61. The van der Waals surface area contributed by atoms with E-state index in [4.69, 9.17) is 9.47 Å². The Morgan fingerprint density at radius 3 is 2.59 bits per heavy atom. The fourth-order valence-electron chi connectivity index (χ4n) is 1.97. The Morgan fingerprint density at radius 1 is 1.27 bits per heavy atom. The number of nitriles is 1. The molecule has 0 atom stereocenters. The SMILES string of the molecule is COc1ccc(/C=C(\C#N)C(=O)c2sccc2C)c(OC)c1. The molecule has 5 heteroatoms. The third kappa shape index (κ3) is 3.18. The normalized spacial score (nSPS) is 10.9. The highest BCUT2D eigenvalue weighted by Crippen LogP contribution is 2.28. The van der Waals surface area contributed by atoms with Gasteiger partial charge in [0.1, 0.15) is 23.1 Å². The van der Waals surface area contributed by atoms with E-state index in [0.29, 0.717) is 21.9 Å². The molecule has 112 valence electrons. The third-order valence-corrected chi connectivity index (χ3v) is 4.19. The minimum atomic E-state index is -0.270. The zero-order chi connectivity index (χ0) is 16.1. The number of rotatable bonds is 5. The molecule has 0 aliphatic rings. The molecule has 0 aliphatic carbocycles. The van der Waals surface area contributed by atoms with E-state index in [2.05, 4.69) is 0 Å². The van der Waals surface area contributed by atoms with Crippen LogP contribution in [0, 0.1) is 18.3 Å². The Bertz CT molecular complexity index is 768. The molecular weight excluding hydrogens is 298 g/mol. The maximum atomic E-state index is 12.4. The maximum Gasteiger partial charge on any atom is 0.213 e. The first-order valence-electron chi connectivity index (χ1n) is 6.53. The van der Waals surface area contributed by atoms with Gasteiger partial charge in [0.15, 0.2) is 0 Å². The molecule has 22 heavy (non-hydrogen) atoms. The molecule has 0 radical (unpaired) electrons. The molecule has 0 amide bonds. The number of hydrogen-bond acceptors (Lipinski definition) is 5. The summed E-state index contributed by atoms with van der Waals surface area (Å²) in [7, 11) is 3.09. The number of ether oxygens (including phenoxy) is 2. The van der Waals surface area contributed by atoms with Crippen LogP contribution in [0.4, 0.5) is 0 Å². The number of methoxy groups -OCH3 is 2. The first-order chi connectivity index (χ1) is 10.6. The predicted octanol–water partition coefficient (Wildman–Crippen LogP) is 3.86. The van der Waals surface area contributed by atoms with Crippen molar-refractivity contribution in [1.29, 1.82) is 5.26 Å². The topological polar surface area (TPSA) is 59.3 Å². The molecule has 0 saturated heterocycles. The molecule has 0 bridgehead atoms. The molecule has 0 spiro atoms. The zero-order valence-corrected chi connectivity index (χ0v) is 13.4. The molecular formula is C17H15NO3S. The second-order valence-electron chi connectivity index (χ2n) is 4.54. The van der Waals surface area contributed by atoms with Crippen molar-refractivity contribution in [2.24, 2.45) is 0 Å². The van der Waals surface area contributed by atoms with Crippen molar-refractivity contribution in [3.8, 4) is 17.6 Å². The molecule has 1 heterocycles. The average Bonchev–Trinajstić information content (AvgIpc) is 2.97. The number of aryl methyl sites for hydroxylation is 1. The number of benzene rings is 1. The summed E-state index contributed by atoms with van der Waals surface area (Å²) in [6, 6.07) is 9.06. The van der Waals surface area contributed by atoms with Gasteiger partial charge in [-0.05, 0) is 42.1 Å². The molecule has 1 aromatic carbocycles. The lowest BCUT2D eigenvalue weighted by molar-refractivity contribution is 0.104. The average molecular weight is 313 g/mol. The predicted molar refractivity (Wildman–Crippen MR) is 86.5 cm³/mol. The van der Waals surface area contributed by atoms with Crippen molar-refractivity contribution >= 4 is 23.2 Å². The third-order valence-electron chi connectivity index (χ3n) is 3.17. The van der Waals surface area contributed by atoms with E-state index in [-0.39, 0.29) is 11.4 Å². The molecule has 1 aromatic heterocycles. The van der Waals surface area contributed by atoms with Crippen molar-refractivity contribution in [3.63, 3.8) is 0 Å². The molecule has 0 fully saturated rings. The van der Waals surface area contributed by atoms with Gasteiger partial charge in [-0.15, -0.1) is 11.3 Å². The Labute approximate surface area is 133 Å². The van der Waals surface area contributed by atoms with E-state index in [1.807, 2.05) is 24.4 Å². The summed E-state index contributed by atoms with van der Waals surface area (Å²) in [6.07, 6.45) is 1.54. The molecule has 2 rings (SSSR count). The summed E-state index contributed by atoms with van der Waals surface area (Å²) < 4.78 is 10.4. The lowest BCUT2D eigenvalue weighted by Crippen LogP contribution is -2.01. The van der Waals surface area contributed by atoms with Crippen molar-refractivity contribution in [2.45, 2.75) is 6.92 Å². The van der Waals surface area contributed by atoms with Gasteiger partial charge in [-0.25, -0.2) is 0 Å². The lowest BCUT2D eigenvalue weighted by atomic mass is 10.0. The van der Waals surface area contributed by atoms with Gasteiger partial charge in [0.2, 0.25) is 5.78 Å². The van der Waals surface area contributed by atoms with Gasteiger partial charge in [-0.3, -0.25) is 4.79 Å². The van der Waals surface area contributed by atoms with Gasteiger partial charge in [0.25, 0.3) is 0 Å². The van der Waals surface area contributed by atoms with Crippen LogP contribution in [0.25, 0.3) is 6.08 Å². The van der Waals surface area contributed by atoms with Gasteiger partial charge in [0, 0.05) is 11.6 Å². The van der Waals surface area contributed by atoms with Gasteiger partial charge in [-0.2, -0.15) is 5.26 Å². The van der Waals surface area contributed by atoms with Gasteiger partial charge in [-0.1, -0.05) is 0 Å². The molecule has 0 aliphatic heterocycles. The van der Waals surface area contributed by atoms with Crippen LogP contribution in [0.15, 0.2) is 35.2 Å². The number of thiophene rings is 1. The number of nitrogens with zero attached hydrogens (tertiary/aromatic N) is 1. The number of carbonyl (C=O) groups excluding carboxylic acids is 1. The molecule has 4 nitrogen and oxygen atoms in total. The standard InChI is InChI=1S/C17H15NO3S/c1-11-6-7-22-17(11)16(19)13(10-18)8-12-4-5-14(20-2)9-15(12)21-3/h4-9H,1-3H3/b13-8+. The van der Waals surface area contributed by atoms with Crippen LogP contribution in [-0.2, 0) is 0 Å². The summed E-state index contributed by atoms with van der Waals surface area (Å²) in [6.45, 7) is 1.85. The Kier molecular flexibility index (Phi) is 4.97. The summed E-state index contributed by atoms with van der Waals surface area (Å²) in [5.74, 6) is 0.920. The second-order valence-corrected chi connectivity index (χ2v) is 5.46. The van der Waals surface area contributed by atoms with E-state index >= 15 is 0 Å². The zero-order valence-electron chi connectivity index (χ0n) is 12.5. The van der Waals surface area contributed by atoms with Crippen LogP contribution in [0.5, 0.6) is 11.5 Å². The summed E-state index contributed by atoms with van der Waals surface area (Å²) >= 11 is 1.34. The van der Waals surface area contributed by atoms with Crippen LogP contribution in [-0.4, -0.2) is 20.0 Å². The Balaban J connectivity index is 2.44. The van der Waals surface area contributed by atoms with Crippen LogP contribution in [0.2, 0.25) is 0 Å². The van der Waals surface area contributed by atoms with Crippen molar-refractivity contribution in [3.05, 3.63) is 51.2 Å². The first kappa shape index (κ1) is 15.8. The highest BCUT2D eigenvalue weighted by atomic mass is 32.1. The Morgan fingerprint density at radius 2 is 2.05 bits per heavy atom. The van der Waals surface area contributed by atoms with E-state index < -0.39 is 0 Å². The molecule has 0 saturated carbocycles. The maximum absolute atomic E-state index is 12.4. The number of Topliss-reactive ketones (excluding diaryl/α,β-unsaturated/α-hetero) is 1. The fraction of sp³-hybridized carbons (Fsp3) is 0.176. The largest absolute Gasteiger partial charge is 0.497 e. The first-order valence-corrected chi connectivity index (χ1v) is 7.41. The molecule has 0 unspecified atom stereocenters. The Hall–Kier alpha value is -2.58. The monoisotopic (exact) mass is 313 g/mol. The van der Waals surface area contributed by atoms with E-state index in [1.165, 1.54) is 18.4 Å². The van der Waals surface area contributed by atoms with E-state index in [1.54, 1.807) is 31.4 Å². The number of ketones is 1. The summed E-state index contributed by atoms with van der Waals surface area (Å²) in [4.78, 5) is 13.0. The number of carbonyl (C=O) groups is 1. The minimum absolute atomic E-state index is 0.0778. The van der Waals surface area contributed by atoms with Crippen LogP contribution >= 0.6 is 11.3 Å². The van der Waals surface area contributed by atoms with E-state index in [9.17, 15) is 10.1 Å². The minimum Gasteiger partial charge on any atom is -0.497 e. The lowest BCUT2D eigenvalue weighted by Gasteiger charge is -2.08. The van der Waals surface area contributed by atoms with E-state index in [0.717, 1.165) is 5.56 Å². The van der Waals surface area contributed by atoms with Gasteiger partial charge >= 0.3 is 0 Å².